The molecular weight excluding hydrogens is 232 g/mol. The molecular formula is C17H34N2. The molecule has 2 nitrogen and oxygen atoms in total. The lowest BCUT2D eigenvalue weighted by molar-refractivity contribution is 0.179. The predicted octanol–water partition coefficient (Wildman–Crippen LogP) is 3.67. The Morgan fingerprint density at radius 2 is 1.79 bits per heavy atom. The van der Waals surface area contributed by atoms with Crippen molar-refractivity contribution in [2.75, 3.05) is 26.2 Å². The monoisotopic (exact) mass is 266 g/mol. The van der Waals surface area contributed by atoms with E-state index in [1.54, 1.807) is 0 Å². The standard InChI is InChI=1S/C17H34N2/c1-3-12-19(13-15-10-11-15)14-17(18-4-2)16-8-6-5-7-9-16/h15-18H,3-14H2,1-2H3. The molecule has 0 aromatic carbocycles. The van der Waals surface area contributed by atoms with Crippen LogP contribution in [0.4, 0.5) is 0 Å². The quantitative estimate of drug-likeness (QED) is 0.685. The SMILES string of the molecule is CCCN(CC1CC1)CC(NCC)C1CCCCC1. The smallest absolute Gasteiger partial charge is 0.0223 e. The molecule has 0 heterocycles. The Labute approximate surface area is 120 Å². The second-order valence-corrected chi connectivity index (χ2v) is 6.77. The highest BCUT2D eigenvalue weighted by molar-refractivity contribution is 4.84. The van der Waals surface area contributed by atoms with Crippen LogP contribution in [0.5, 0.6) is 0 Å². The zero-order valence-electron chi connectivity index (χ0n) is 13.2. The Bertz CT molecular complexity index is 231. The van der Waals surface area contributed by atoms with Gasteiger partial charge in [0.2, 0.25) is 0 Å². The summed E-state index contributed by atoms with van der Waals surface area (Å²) >= 11 is 0. The molecule has 0 aliphatic heterocycles. The first-order valence-corrected chi connectivity index (χ1v) is 8.79. The van der Waals surface area contributed by atoms with Crippen LogP contribution < -0.4 is 5.32 Å². The lowest BCUT2D eigenvalue weighted by Gasteiger charge is -2.35. The minimum Gasteiger partial charge on any atom is -0.313 e. The van der Waals surface area contributed by atoms with E-state index in [1.165, 1.54) is 71.0 Å². The van der Waals surface area contributed by atoms with E-state index in [9.17, 15) is 0 Å². The fourth-order valence-corrected chi connectivity index (χ4v) is 3.70. The zero-order chi connectivity index (χ0) is 13.5. The molecule has 2 heteroatoms. The Balaban J connectivity index is 1.84. The van der Waals surface area contributed by atoms with E-state index in [0.717, 1.165) is 24.4 Å². The normalized spacial score (nSPS) is 22.9. The number of likely N-dealkylation sites (N-methyl/N-ethyl adjacent to an activating group) is 1. The van der Waals surface area contributed by atoms with Gasteiger partial charge in [0.1, 0.15) is 0 Å². The summed E-state index contributed by atoms with van der Waals surface area (Å²) in [4.78, 5) is 2.75. The summed E-state index contributed by atoms with van der Waals surface area (Å²) in [6.45, 7) is 9.67. The fraction of sp³-hybridized carbons (Fsp3) is 1.00. The predicted molar refractivity (Wildman–Crippen MR) is 83.5 cm³/mol. The Morgan fingerprint density at radius 3 is 2.37 bits per heavy atom. The molecule has 19 heavy (non-hydrogen) atoms. The van der Waals surface area contributed by atoms with E-state index in [2.05, 4.69) is 24.1 Å². The van der Waals surface area contributed by atoms with Crippen molar-refractivity contribution in [1.82, 2.24) is 10.2 Å². The molecule has 0 amide bonds. The highest BCUT2D eigenvalue weighted by atomic mass is 15.2. The molecule has 0 spiro atoms. The van der Waals surface area contributed by atoms with Crippen LogP contribution in [0.25, 0.3) is 0 Å². The highest BCUT2D eigenvalue weighted by Gasteiger charge is 2.28. The van der Waals surface area contributed by atoms with Crippen molar-refractivity contribution in [3.8, 4) is 0 Å². The van der Waals surface area contributed by atoms with Crippen LogP contribution in [0.15, 0.2) is 0 Å². The first kappa shape index (κ1) is 15.3. The van der Waals surface area contributed by atoms with E-state index in [4.69, 9.17) is 0 Å². The Kier molecular flexibility index (Phi) is 6.66. The molecule has 1 N–H and O–H groups in total. The van der Waals surface area contributed by atoms with E-state index in [-0.39, 0.29) is 0 Å². The molecule has 2 fully saturated rings. The second kappa shape index (κ2) is 8.26. The van der Waals surface area contributed by atoms with Gasteiger partial charge in [0.25, 0.3) is 0 Å². The van der Waals surface area contributed by atoms with Gasteiger partial charge in [0.15, 0.2) is 0 Å². The van der Waals surface area contributed by atoms with Gasteiger partial charge >= 0.3 is 0 Å². The van der Waals surface area contributed by atoms with E-state index >= 15 is 0 Å². The van der Waals surface area contributed by atoms with Crippen molar-refractivity contribution in [3.05, 3.63) is 0 Å². The van der Waals surface area contributed by atoms with Crippen LogP contribution in [-0.2, 0) is 0 Å². The van der Waals surface area contributed by atoms with Crippen molar-refractivity contribution >= 4 is 0 Å². The molecule has 0 radical (unpaired) electrons. The van der Waals surface area contributed by atoms with Gasteiger partial charge in [-0.15, -0.1) is 0 Å². The molecule has 0 saturated heterocycles. The molecule has 0 aromatic rings. The van der Waals surface area contributed by atoms with Crippen molar-refractivity contribution in [2.45, 2.75) is 71.3 Å². The minimum absolute atomic E-state index is 0.746. The average molecular weight is 266 g/mol. The topological polar surface area (TPSA) is 15.3 Å². The number of hydrogen-bond acceptors (Lipinski definition) is 2. The van der Waals surface area contributed by atoms with Crippen LogP contribution in [0.2, 0.25) is 0 Å². The van der Waals surface area contributed by atoms with Crippen molar-refractivity contribution in [1.29, 1.82) is 0 Å². The molecule has 2 rings (SSSR count). The summed E-state index contributed by atoms with van der Waals surface area (Å²) in [6.07, 6.45) is 11.6. The third-order valence-corrected chi connectivity index (χ3v) is 4.89. The van der Waals surface area contributed by atoms with Crippen LogP contribution in [0.1, 0.15) is 65.2 Å². The van der Waals surface area contributed by atoms with Crippen LogP contribution in [0.3, 0.4) is 0 Å². The van der Waals surface area contributed by atoms with Crippen molar-refractivity contribution in [2.24, 2.45) is 11.8 Å². The highest BCUT2D eigenvalue weighted by Crippen LogP contribution is 2.31. The molecule has 1 atom stereocenters. The third-order valence-electron chi connectivity index (χ3n) is 4.89. The first-order chi connectivity index (χ1) is 9.33. The van der Waals surface area contributed by atoms with Gasteiger partial charge in [-0.25, -0.2) is 0 Å². The second-order valence-electron chi connectivity index (χ2n) is 6.77. The van der Waals surface area contributed by atoms with Crippen LogP contribution in [-0.4, -0.2) is 37.1 Å². The van der Waals surface area contributed by atoms with Crippen molar-refractivity contribution < 1.29 is 0 Å². The molecule has 2 saturated carbocycles. The molecule has 0 bridgehead atoms. The van der Waals surface area contributed by atoms with Gasteiger partial charge in [-0.3, -0.25) is 0 Å². The summed E-state index contributed by atoms with van der Waals surface area (Å²) in [5.74, 6) is 1.97. The number of rotatable bonds is 9. The van der Waals surface area contributed by atoms with Gasteiger partial charge < -0.3 is 10.2 Å². The number of hydrogen-bond donors (Lipinski definition) is 1. The molecule has 112 valence electrons. The molecule has 1 unspecified atom stereocenters. The summed E-state index contributed by atoms with van der Waals surface area (Å²) in [5, 5.41) is 3.79. The minimum atomic E-state index is 0.746. The zero-order valence-corrected chi connectivity index (χ0v) is 13.2. The molecule has 2 aliphatic carbocycles. The van der Waals surface area contributed by atoms with Gasteiger partial charge in [-0.2, -0.15) is 0 Å². The largest absolute Gasteiger partial charge is 0.313 e. The van der Waals surface area contributed by atoms with Gasteiger partial charge in [-0.1, -0.05) is 33.1 Å². The lowest BCUT2D eigenvalue weighted by Crippen LogP contribution is -2.47. The Hall–Kier alpha value is -0.0800. The maximum absolute atomic E-state index is 3.79. The fourth-order valence-electron chi connectivity index (χ4n) is 3.70. The van der Waals surface area contributed by atoms with E-state index in [0.29, 0.717) is 0 Å². The van der Waals surface area contributed by atoms with Crippen LogP contribution in [0, 0.1) is 11.8 Å². The van der Waals surface area contributed by atoms with Gasteiger partial charge in [0, 0.05) is 19.1 Å². The third kappa shape index (κ3) is 5.43. The van der Waals surface area contributed by atoms with Gasteiger partial charge in [0.05, 0.1) is 0 Å². The van der Waals surface area contributed by atoms with E-state index < -0.39 is 0 Å². The molecule has 2 aliphatic rings. The maximum atomic E-state index is 3.79. The van der Waals surface area contributed by atoms with E-state index in [1.807, 2.05) is 0 Å². The maximum Gasteiger partial charge on any atom is 0.0223 e. The van der Waals surface area contributed by atoms with Gasteiger partial charge in [-0.05, 0) is 57.0 Å². The molecule has 0 aromatic heterocycles. The van der Waals surface area contributed by atoms with Crippen LogP contribution >= 0.6 is 0 Å². The summed E-state index contributed by atoms with van der Waals surface area (Å²) in [5.41, 5.74) is 0. The first-order valence-electron chi connectivity index (χ1n) is 8.79. The summed E-state index contributed by atoms with van der Waals surface area (Å²) < 4.78 is 0. The number of nitrogens with zero attached hydrogens (tertiary/aromatic N) is 1. The van der Waals surface area contributed by atoms with Crippen molar-refractivity contribution in [3.63, 3.8) is 0 Å². The lowest BCUT2D eigenvalue weighted by atomic mass is 9.83. The number of nitrogens with one attached hydrogen (secondary N) is 1. The average Bonchev–Trinajstić information content (AvgIpc) is 3.23. The Morgan fingerprint density at radius 1 is 1.05 bits per heavy atom. The summed E-state index contributed by atoms with van der Waals surface area (Å²) in [7, 11) is 0. The summed E-state index contributed by atoms with van der Waals surface area (Å²) in [6, 6.07) is 0.746.